The van der Waals surface area contributed by atoms with Gasteiger partial charge in [0.1, 0.15) is 5.75 Å². The molecule has 1 N–H and O–H groups in total. The molecule has 1 aliphatic heterocycles. The van der Waals surface area contributed by atoms with E-state index in [0.29, 0.717) is 10.6 Å². The molecule has 1 saturated heterocycles. The van der Waals surface area contributed by atoms with E-state index in [1.807, 2.05) is 44.2 Å². The van der Waals surface area contributed by atoms with Gasteiger partial charge in [0.25, 0.3) is 5.91 Å². The monoisotopic (exact) mass is 358 g/mol. The Labute approximate surface area is 153 Å². The average molecular weight is 359 g/mol. The molecular weight excluding hydrogens is 336 g/mol. The first-order chi connectivity index (χ1) is 12.0. The summed E-state index contributed by atoms with van der Waals surface area (Å²) in [4.78, 5) is 14.8. The molecule has 5 heteroatoms. The third-order valence-corrected chi connectivity index (χ3v) is 4.45. The summed E-state index contributed by atoms with van der Waals surface area (Å²) in [6, 6.07) is 12.8. The van der Waals surface area contributed by atoms with Gasteiger partial charge in [0.15, 0.2) is 0 Å². The van der Waals surface area contributed by atoms with Gasteiger partial charge in [-0.1, -0.05) is 17.7 Å². The highest BCUT2D eigenvalue weighted by Gasteiger charge is 2.20. The third-order valence-electron chi connectivity index (χ3n) is 4.15. The molecule has 0 unspecified atom stereocenters. The van der Waals surface area contributed by atoms with Crippen molar-refractivity contribution in [2.75, 3.05) is 23.3 Å². The van der Waals surface area contributed by atoms with Crippen molar-refractivity contribution in [3.8, 4) is 5.75 Å². The topological polar surface area (TPSA) is 41.6 Å². The van der Waals surface area contributed by atoms with Gasteiger partial charge < -0.3 is 15.0 Å². The summed E-state index contributed by atoms with van der Waals surface area (Å²) in [6.07, 6.45) is 2.40. The molecular formula is C20H23ClN2O2. The summed E-state index contributed by atoms with van der Waals surface area (Å²) in [7, 11) is 0. The highest BCUT2D eigenvalue weighted by Crippen LogP contribution is 2.36. The molecule has 0 aliphatic carbocycles. The predicted molar refractivity (Wildman–Crippen MR) is 103 cm³/mol. The molecule has 2 aromatic rings. The maximum absolute atomic E-state index is 12.6. The van der Waals surface area contributed by atoms with Crippen molar-refractivity contribution in [3.05, 3.63) is 53.1 Å². The van der Waals surface area contributed by atoms with Crippen molar-refractivity contribution >= 4 is 28.9 Å². The highest BCUT2D eigenvalue weighted by molar-refractivity contribution is 6.34. The van der Waals surface area contributed by atoms with Gasteiger partial charge in [-0.25, -0.2) is 0 Å². The molecule has 0 spiro atoms. The lowest BCUT2D eigenvalue weighted by molar-refractivity contribution is 0.102. The number of para-hydroxylation sites is 1. The maximum Gasteiger partial charge on any atom is 0.255 e. The standard InChI is InChI=1S/C20H23ClN2O2/c1-14(2)25-16-10-8-15(9-11-16)20(24)22-18-7-5-6-17(21)19(18)23-12-3-4-13-23/h5-11,14H,3-4,12-13H2,1-2H3,(H,22,24). The number of nitrogens with one attached hydrogen (secondary N) is 1. The summed E-state index contributed by atoms with van der Waals surface area (Å²) in [5, 5.41) is 3.67. The fraction of sp³-hybridized carbons (Fsp3) is 0.350. The van der Waals surface area contributed by atoms with E-state index < -0.39 is 0 Å². The lowest BCUT2D eigenvalue weighted by atomic mass is 10.2. The molecule has 0 atom stereocenters. The van der Waals surface area contributed by atoms with Crippen molar-refractivity contribution in [1.82, 2.24) is 0 Å². The summed E-state index contributed by atoms with van der Waals surface area (Å²) >= 11 is 6.40. The van der Waals surface area contributed by atoms with E-state index in [1.54, 1.807) is 12.1 Å². The van der Waals surface area contributed by atoms with Crippen LogP contribution in [0.3, 0.4) is 0 Å². The van der Waals surface area contributed by atoms with E-state index in [9.17, 15) is 4.79 Å². The fourth-order valence-corrected chi connectivity index (χ4v) is 3.32. The number of nitrogens with zero attached hydrogens (tertiary/aromatic N) is 1. The van der Waals surface area contributed by atoms with E-state index >= 15 is 0 Å². The van der Waals surface area contributed by atoms with Crippen molar-refractivity contribution < 1.29 is 9.53 Å². The van der Waals surface area contributed by atoms with E-state index in [4.69, 9.17) is 16.3 Å². The number of hydrogen-bond acceptors (Lipinski definition) is 3. The zero-order valence-electron chi connectivity index (χ0n) is 14.6. The second-order valence-electron chi connectivity index (χ2n) is 6.48. The Hall–Kier alpha value is -2.20. The minimum absolute atomic E-state index is 0.106. The van der Waals surface area contributed by atoms with Gasteiger partial charge in [0.05, 0.1) is 22.5 Å². The van der Waals surface area contributed by atoms with Gasteiger partial charge in [0, 0.05) is 18.7 Å². The first-order valence-electron chi connectivity index (χ1n) is 8.66. The third kappa shape index (κ3) is 4.26. The van der Waals surface area contributed by atoms with Crippen LogP contribution in [-0.2, 0) is 0 Å². The lowest BCUT2D eigenvalue weighted by Crippen LogP contribution is -2.21. The molecule has 0 radical (unpaired) electrons. The molecule has 3 rings (SSSR count). The molecule has 1 fully saturated rings. The highest BCUT2D eigenvalue weighted by atomic mass is 35.5. The van der Waals surface area contributed by atoms with Crippen molar-refractivity contribution in [1.29, 1.82) is 0 Å². The summed E-state index contributed by atoms with van der Waals surface area (Å²) in [5.74, 6) is 0.603. The van der Waals surface area contributed by atoms with Crippen LogP contribution in [0.2, 0.25) is 5.02 Å². The molecule has 1 aliphatic rings. The Morgan fingerprint density at radius 2 is 1.80 bits per heavy atom. The van der Waals surface area contributed by atoms with Crippen LogP contribution in [-0.4, -0.2) is 25.1 Å². The number of halogens is 1. The number of ether oxygens (including phenoxy) is 1. The Morgan fingerprint density at radius 3 is 2.44 bits per heavy atom. The zero-order chi connectivity index (χ0) is 17.8. The van der Waals surface area contributed by atoms with Crippen LogP contribution >= 0.6 is 11.6 Å². The molecule has 25 heavy (non-hydrogen) atoms. The smallest absolute Gasteiger partial charge is 0.255 e. The number of benzene rings is 2. The quantitative estimate of drug-likeness (QED) is 0.819. The second-order valence-corrected chi connectivity index (χ2v) is 6.88. The Morgan fingerprint density at radius 1 is 1.12 bits per heavy atom. The molecule has 1 amide bonds. The molecule has 2 aromatic carbocycles. The minimum Gasteiger partial charge on any atom is -0.491 e. The van der Waals surface area contributed by atoms with Crippen molar-refractivity contribution in [2.45, 2.75) is 32.8 Å². The van der Waals surface area contributed by atoms with Crippen LogP contribution in [0.1, 0.15) is 37.0 Å². The fourth-order valence-electron chi connectivity index (χ4n) is 3.03. The van der Waals surface area contributed by atoms with E-state index in [0.717, 1.165) is 43.1 Å². The Kier molecular flexibility index (Phi) is 5.49. The van der Waals surface area contributed by atoms with Crippen LogP contribution < -0.4 is 15.0 Å². The summed E-state index contributed by atoms with van der Waals surface area (Å²) < 4.78 is 5.61. The van der Waals surface area contributed by atoms with Gasteiger partial charge in [-0.05, 0) is 63.1 Å². The largest absolute Gasteiger partial charge is 0.491 e. The predicted octanol–water partition coefficient (Wildman–Crippen LogP) is 4.98. The van der Waals surface area contributed by atoms with Gasteiger partial charge in [-0.2, -0.15) is 0 Å². The van der Waals surface area contributed by atoms with Crippen LogP contribution in [0.4, 0.5) is 11.4 Å². The molecule has 0 bridgehead atoms. The second kappa shape index (κ2) is 7.79. The van der Waals surface area contributed by atoms with Crippen LogP contribution in [0.5, 0.6) is 5.75 Å². The molecule has 132 valence electrons. The normalized spacial score (nSPS) is 14.0. The van der Waals surface area contributed by atoms with Crippen LogP contribution in [0.25, 0.3) is 0 Å². The summed E-state index contributed by atoms with van der Waals surface area (Å²) in [5.41, 5.74) is 2.25. The number of hydrogen-bond donors (Lipinski definition) is 1. The van der Waals surface area contributed by atoms with Gasteiger partial charge in [0.2, 0.25) is 0 Å². The van der Waals surface area contributed by atoms with Crippen LogP contribution in [0, 0.1) is 0 Å². The average Bonchev–Trinajstić information content (AvgIpc) is 3.09. The Balaban J connectivity index is 1.78. The van der Waals surface area contributed by atoms with Crippen molar-refractivity contribution in [3.63, 3.8) is 0 Å². The van der Waals surface area contributed by atoms with Crippen LogP contribution in [0.15, 0.2) is 42.5 Å². The number of anilines is 2. The number of carbonyl (C=O) groups is 1. The van der Waals surface area contributed by atoms with Gasteiger partial charge >= 0.3 is 0 Å². The SMILES string of the molecule is CC(C)Oc1ccc(C(=O)Nc2cccc(Cl)c2N2CCCC2)cc1. The molecule has 1 heterocycles. The van der Waals surface area contributed by atoms with E-state index in [-0.39, 0.29) is 12.0 Å². The first kappa shape index (κ1) is 17.6. The number of carbonyl (C=O) groups excluding carboxylic acids is 1. The summed E-state index contributed by atoms with van der Waals surface area (Å²) in [6.45, 7) is 5.88. The molecule has 0 aromatic heterocycles. The van der Waals surface area contributed by atoms with Gasteiger partial charge in [-0.15, -0.1) is 0 Å². The van der Waals surface area contributed by atoms with Gasteiger partial charge in [-0.3, -0.25) is 4.79 Å². The zero-order valence-corrected chi connectivity index (χ0v) is 15.3. The maximum atomic E-state index is 12.6. The van der Waals surface area contributed by atoms with E-state index in [2.05, 4.69) is 10.2 Å². The molecule has 0 saturated carbocycles. The van der Waals surface area contributed by atoms with E-state index in [1.165, 1.54) is 0 Å². The van der Waals surface area contributed by atoms with Crippen molar-refractivity contribution in [2.24, 2.45) is 0 Å². The number of rotatable bonds is 5. The molecule has 4 nitrogen and oxygen atoms in total. The lowest BCUT2D eigenvalue weighted by Gasteiger charge is -2.23. The Bertz CT molecular complexity index is 738. The minimum atomic E-state index is -0.154. The number of amides is 1. The first-order valence-corrected chi connectivity index (χ1v) is 9.04.